The molecule has 0 aromatic carbocycles. The van der Waals surface area contributed by atoms with E-state index in [-0.39, 0.29) is 25.4 Å². The molecule has 1 saturated heterocycles. The van der Waals surface area contributed by atoms with Gasteiger partial charge in [0.1, 0.15) is 5.82 Å². The van der Waals surface area contributed by atoms with Gasteiger partial charge in [0.25, 0.3) is 11.8 Å². The Hall–Kier alpha value is -2.22. The number of hydrogen-bond donors (Lipinski definition) is 1. The zero-order chi connectivity index (χ0) is 19.6. The molecule has 2 aromatic heterocycles. The SMILES string of the molecule is CSc1cc(NC(=O)c2ccc(C)nc2N2CCC(F)(F)C(C)C2)ccn1. The van der Waals surface area contributed by atoms with Crippen LogP contribution in [0.15, 0.2) is 35.5 Å². The van der Waals surface area contributed by atoms with Crippen LogP contribution >= 0.6 is 11.8 Å². The summed E-state index contributed by atoms with van der Waals surface area (Å²) in [6.45, 7) is 3.68. The monoisotopic (exact) mass is 392 g/mol. The summed E-state index contributed by atoms with van der Waals surface area (Å²) in [5.41, 5.74) is 1.74. The first-order valence-corrected chi connectivity index (χ1v) is 9.94. The molecule has 5 nitrogen and oxygen atoms in total. The lowest BCUT2D eigenvalue weighted by atomic mass is 9.95. The van der Waals surface area contributed by atoms with Crippen LogP contribution in [-0.2, 0) is 0 Å². The van der Waals surface area contributed by atoms with Crippen LogP contribution in [0.3, 0.4) is 0 Å². The van der Waals surface area contributed by atoms with Gasteiger partial charge in [-0.25, -0.2) is 18.7 Å². The van der Waals surface area contributed by atoms with E-state index in [4.69, 9.17) is 0 Å². The predicted octanol–water partition coefficient (Wildman–Crippen LogP) is 4.24. The molecule has 8 heteroatoms. The molecule has 144 valence electrons. The molecule has 1 fully saturated rings. The highest BCUT2D eigenvalue weighted by Gasteiger charge is 2.42. The number of thioether (sulfide) groups is 1. The normalized spacial score (nSPS) is 19.0. The number of alkyl halides is 2. The molecule has 2 aromatic rings. The Morgan fingerprint density at radius 1 is 1.37 bits per heavy atom. The average Bonchev–Trinajstić information content (AvgIpc) is 2.64. The highest BCUT2D eigenvalue weighted by Crippen LogP contribution is 2.35. The third kappa shape index (κ3) is 4.37. The minimum atomic E-state index is -2.69. The first-order chi connectivity index (χ1) is 12.8. The van der Waals surface area contributed by atoms with Crippen molar-refractivity contribution in [3.63, 3.8) is 0 Å². The second-order valence-corrected chi connectivity index (χ2v) is 7.55. The van der Waals surface area contributed by atoms with Gasteiger partial charge in [-0.05, 0) is 37.4 Å². The second kappa shape index (κ2) is 7.80. The number of pyridine rings is 2. The van der Waals surface area contributed by atoms with Crippen molar-refractivity contribution in [1.29, 1.82) is 0 Å². The summed E-state index contributed by atoms with van der Waals surface area (Å²) < 4.78 is 27.7. The number of aromatic nitrogens is 2. The van der Waals surface area contributed by atoms with Crippen LogP contribution in [0.1, 0.15) is 29.4 Å². The van der Waals surface area contributed by atoms with Crippen molar-refractivity contribution in [2.24, 2.45) is 5.92 Å². The Kier molecular flexibility index (Phi) is 5.64. The van der Waals surface area contributed by atoms with Gasteiger partial charge < -0.3 is 10.2 Å². The summed E-state index contributed by atoms with van der Waals surface area (Å²) in [7, 11) is 0. The third-order valence-electron chi connectivity index (χ3n) is 4.69. The van der Waals surface area contributed by atoms with Crippen molar-refractivity contribution in [2.45, 2.75) is 31.2 Å². The maximum absolute atomic E-state index is 13.9. The van der Waals surface area contributed by atoms with Gasteiger partial charge in [0, 0.05) is 43.0 Å². The summed E-state index contributed by atoms with van der Waals surface area (Å²) >= 11 is 1.48. The van der Waals surface area contributed by atoms with Crippen molar-refractivity contribution >= 4 is 29.2 Å². The lowest BCUT2D eigenvalue weighted by molar-refractivity contribution is -0.0652. The third-order valence-corrected chi connectivity index (χ3v) is 5.33. The van der Waals surface area contributed by atoms with Crippen molar-refractivity contribution in [3.05, 3.63) is 41.7 Å². The molecule has 1 aliphatic rings. The van der Waals surface area contributed by atoms with E-state index >= 15 is 0 Å². The van der Waals surface area contributed by atoms with Gasteiger partial charge in [-0.3, -0.25) is 4.79 Å². The molecular formula is C19H22F2N4OS. The molecule has 0 aliphatic carbocycles. The summed E-state index contributed by atoms with van der Waals surface area (Å²) in [5.74, 6) is -3.35. The van der Waals surface area contributed by atoms with Crippen LogP contribution in [0.2, 0.25) is 0 Å². The van der Waals surface area contributed by atoms with Gasteiger partial charge in [-0.15, -0.1) is 11.8 Å². The number of nitrogens with zero attached hydrogens (tertiary/aromatic N) is 3. The Balaban J connectivity index is 1.86. The fourth-order valence-electron chi connectivity index (χ4n) is 3.04. The fourth-order valence-corrected chi connectivity index (χ4v) is 3.45. The first-order valence-electron chi connectivity index (χ1n) is 8.72. The largest absolute Gasteiger partial charge is 0.355 e. The summed E-state index contributed by atoms with van der Waals surface area (Å²) in [6.07, 6.45) is 3.29. The van der Waals surface area contributed by atoms with Crippen molar-refractivity contribution < 1.29 is 13.6 Å². The number of halogens is 2. The number of carbonyl (C=O) groups is 1. The number of anilines is 2. The molecular weight excluding hydrogens is 370 g/mol. The lowest BCUT2D eigenvalue weighted by Gasteiger charge is -2.38. The molecule has 1 unspecified atom stereocenters. The lowest BCUT2D eigenvalue weighted by Crippen LogP contribution is -2.46. The summed E-state index contributed by atoms with van der Waals surface area (Å²) in [5, 5.41) is 3.65. The van der Waals surface area contributed by atoms with Crippen LogP contribution in [0.4, 0.5) is 20.3 Å². The topological polar surface area (TPSA) is 58.1 Å². The Morgan fingerprint density at radius 2 is 2.15 bits per heavy atom. The van der Waals surface area contributed by atoms with E-state index in [2.05, 4.69) is 15.3 Å². The fraction of sp³-hybridized carbons (Fsp3) is 0.421. The highest BCUT2D eigenvalue weighted by atomic mass is 32.2. The Labute approximate surface area is 161 Å². The van der Waals surface area contributed by atoms with Gasteiger partial charge in [0.15, 0.2) is 0 Å². The van der Waals surface area contributed by atoms with E-state index in [1.54, 1.807) is 35.4 Å². The maximum atomic E-state index is 13.9. The van der Waals surface area contributed by atoms with Crippen LogP contribution in [0, 0.1) is 12.8 Å². The highest BCUT2D eigenvalue weighted by molar-refractivity contribution is 7.98. The first kappa shape index (κ1) is 19.5. The Morgan fingerprint density at radius 3 is 2.85 bits per heavy atom. The van der Waals surface area contributed by atoms with Crippen molar-refractivity contribution in [1.82, 2.24) is 9.97 Å². The summed E-state index contributed by atoms with van der Waals surface area (Å²) in [6, 6.07) is 6.94. The van der Waals surface area contributed by atoms with Gasteiger partial charge in [-0.1, -0.05) is 6.92 Å². The van der Waals surface area contributed by atoms with Crippen molar-refractivity contribution in [3.8, 4) is 0 Å². The van der Waals surface area contributed by atoms with E-state index in [1.165, 1.54) is 18.7 Å². The van der Waals surface area contributed by atoms with Crippen LogP contribution in [0.5, 0.6) is 0 Å². The number of rotatable bonds is 4. The molecule has 3 rings (SSSR count). The zero-order valence-electron chi connectivity index (χ0n) is 15.5. The number of carbonyl (C=O) groups excluding carboxylic acids is 1. The molecule has 0 radical (unpaired) electrons. The number of piperidine rings is 1. The molecule has 1 aliphatic heterocycles. The maximum Gasteiger partial charge on any atom is 0.259 e. The molecule has 1 atom stereocenters. The summed E-state index contributed by atoms with van der Waals surface area (Å²) in [4.78, 5) is 23.3. The van der Waals surface area contributed by atoms with Crippen LogP contribution in [0.25, 0.3) is 0 Å². The number of nitrogens with one attached hydrogen (secondary N) is 1. The molecule has 1 amide bonds. The predicted molar refractivity (Wildman–Crippen MR) is 104 cm³/mol. The molecule has 27 heavy (non-hydrogen) atoms. The van der Waals surface area contributed by atoms with E-state index in [0.717, 1.165) is 10.7 Å². The molecule has 0 saturated carbocycles. The number of aryl methyl sites for hydroxylation is 1. The quantitative estimate of drug-likeness (QED) is 0.789. The van der Waals surface area contributed by atoms with Gasteiger partial charge in [0.2, 0.25) is 0 Å². The Bertz CT molecular complexity index is 846. The van der Waals surface area contributed by atoms with Gasteiger partial charge in [0.05, 0.1) is 10.6 Å². The smallest absolute Gasteiger partial charge is 0.259 e. The van der Waals surface area contributed by atoms with Crippen molar-refractivity contribution in [2.75, 3.05) is 29.6 Å². The van der Waals surface area contributed by atoms with Gasteiger partial charge in [-0.2, -0.15) is 0 Å². The zero-order valence-corrected chi connectivity index (χ0v) is 16.3. The van der Waals surface area contributed by atoms with E-state index in [1.807, 2.05) is 13.2 Å². The average molecular weight is 392 g/mol. The minimum Gasteiger partial charge on any atom is -0.355 e. The van der Waals surface area contributed by atoms with E-state index < -0.39 is 11.8 Å². The molecule has 0 spiro atoms. The number of amides is 1. The number of hydrogen-bond acceptors (Lipinski definition) is 5. The van der Waals surface area contributed by atoms with Crippen LogP contribution < -0.4 is 10.2 Å². The van der Waals surface area contributed by atoms with Gasteiger partial charge >= 0.3 is 0 Å². The molecule has 0 bridgehead atoms. The van der Waals surface area contributed by atoms with E-state index in [0.29, 0.717) is 17.1 Å². The molecule has 3 heterocycles. The molecule has 1 N–H and O–H groups in total. The standard InChI is InChI=1S/C19H22F2N4OS/c1-12-11-25(9-7-19(12,20)21)17-15(5-4-13(2)23-17)18(26)24-14-6-8-22-16(10-14)27-3/h4-6,8,10,12H,7,9,11H2,1-3H3,(H,22,24,26). The second-order valence-electron chi connectivity index (χ2n) is 6.72. The van der Waals surface area contributed by atoms with E-state index in [9.17, 15) is 13.6 Å². The van der Waals surface area contributed by atoms with Crippen LogP contribution in [-0.4, -0.2) is 41.1 Å². The minimum absolute atomic E-state index is 0.162.